The molecule has 0 aliphatic rings. The summed E-state index contributed by atoms with van der Waals surface area (Å²) < 4.78 is 0. The maximum Gasteiger partial charge on any atom is 0.335 e. The predicted octanol–water partition coefficient (Wildman–Crippen LogP) is 2.66. The molecule has 88 valence electrons. The van der Waals surface area contributed by atoms with Crippen LogP contribution in [0.25, 0.3) is 0 Å². The molecule has 16 heavy (non-hydrogen) atoms. The average molecular weight is 221 g/mol. The minimum absolute atomic E-state index is 0.351. The lowest BCUT2D eigenvalue weighted by Gasteiger charge is -2.14. The molecule has 0 bridgehead atoms. The van der Waals surface area contributed by atoms with Crippen LogP contribution in [0.15, 0.2) is 24.3 Å². The zero-order valence-electron chi connectivity index (χ0n) is 9.86. The Hall–Kier alpha value is -1.35. The highest BCUT2D eigenvalue weighted by Crippen LogP contribution is 2.06. The van der Waals surface area contributed by atoms with Gasteiger partial charge in [0.1, 0.15) is 0 Å². The lowest BCUT2D eigenvalue weighted by atomic mass is 10.1. The van der Waals surface area contributed by atoms with Crippen molar-refractivity contribution >= 4 is 5.97 Å². The lowest BCUT2D eigenvalue weighted by molar-refractivity contribution is 0.0696. The van der Waals surface area contributed by atoms with Gasteiger partial charge in [0, 0.05) is 12.6 Å². The average Bonchev–Trinajstić information content (AvgIpc) is 2.31. The first-order valence-corrected chi connectivity index (χ1v) is 5.73. The summed E-state index contributed by atoms with van der Waals surface area (Å²) in [5.41, 5.74) is 1.37. The van der Waals surface area contributed by atoms with E-state index in [0.717, 1.165) is 24.9 Å². The quantitative estimate of drug-likeness (QED) is 0.776. The van der Waals surface area contributed by atoms with Crippen LogP contribution in [-0.4, -0.2) is 17.1 Å². The second kappa shape index (κ2) is 6.28. The molecule has 3 nitrogen and oxygen atoms in total. The van der Waals surface area contributed by atoms with Crippen LogP contribution in [-0.2, 0) is 6.54 Å². The van der Waals surface area contributed by atoms with Crippen molar-refractivity contribution in [3.8, 4) is 0 Å². The van der Waals surface area contributed by atoms with Gasteiger partial charge in [0.25, 0.3) is 0 Å². The number of aromatic carboxylic acids is 1. The standard InChI is InChI=1S/C13H19NO2/c1-3-12(4-2)14-9-10-6-5-7-11(8-10)13(15)16/h5-8,12,14H,3-4,9H2,1-2H3,(H,15,16). The van der Waals surface area contributed by atoms with Gasteiger partial charge in [-0.05, 0) is 30.5 Å². The molecule has 0 amide bonds. The van der Waals surface area contributed by atoms with Gasteiger partial charge in [0.15, 0.2) is 0 Å². The second-order valence-corrected chi connectivity index (χ2v) is 3.90. The molecule has 0 aliphatic heterocycles. The molecular weight excluding hydrogens is 202 g/mol. The monoisotopic (exact) mass is 221 g/mol. The highest BCUT2D eigenvalue weighted by atomic mass is 16.4. The molecular formula is C13H19NO2. The smallest absolute Gasteiger partial charge is 0.335 e. The molecule has 0 aromatic heterocycles. The highest BCUT2D eigenvalue weighted by Gasteiger charge is 2.05. The van der Waals surface area contributed by atoms with Crippen LogP contribution >= 0.6 is 0 Å². The molecule has 2 N–H and O–H groups in total. The van der Waals surface area contributed by atoms with E-state index >= 15 is 0 Å². The topological polar surface area (TPSA) is 49.3 Å². The molecule has 0 saturated heterocycles. The third kappa shape index (κ3) is 3.66. The van der Waals surface area contributed by atoms with Gasteiger partial charge < -0.3 is 10.4 Å². The van der Waals surface area contributed by atoms with Gasteiger partial charge in [0.05, 0.1) is 5.56 Å². The van der Waals surface area contributed by atoms with Crippen LogP contribution in [0, 0.1) is 0 Å². The zero-order valence-corrected chi connectivity index (χ0v) is 9.86. The van der Waals surface area contributed by atoms with E-state index in [1.54, 1.807) is 18.2 Å². The molecule has 0 radical (unpaired) electrons. The van der Waals surface area contributed by atoms with Gasteiger partial charge in [-0.2, -0.15) is 0 Å². The first-order valence-electron chi connectivity index (χ1n) is 5.73. The molecule has 0 aliphatic carbocycles. The van der Waals surface area contributed by atoms with Crippen molar-refractivity contribution in [1.82, 2.24) is 5.32 Å². The van der Waals surface area contributed by atoms with Crippen LogP contribution < -0.4 is 5.32 Å². The van der Waals surface area contributed by atoms with E-state index < -0.39 is 5.97 Å². The number of hydrogen-bond donors (Lipinski definition) is 2. The molecule has 0 atom stereocenters. The van der Waals surface area contributed by atoms with Crippen LogP contribution in [0.5, 0.6) is 0 Å². The van der Waals surface area contributed by atoms with E-state index in [1.807, 2.05) is 6.07 Å². The largest absolute Gasteiger partial charge is 0.478 e. The summed E-state index contributed by atoms with van der Waals surface area (Å²) in [5.74, 6) is -0.871. The first-order chi connectivity index (χ1) is 7.67. The summed E-state index contributed by atoms with van der Waals surface area (Å²) in [6, 6.07) is 7.57. The molecule has 1 aromatic rings. The van der Waals surface area contributed by atoms with Crippen LogP contribution in [0.3, 0.4) is 0 Å². The summed E-state index contributed by atoms with van der Waals surface area (Å²) in [5, 5.41) is 12.3. The first kappa shape index (κ1) is 12.7. The van der Waals surface area contributed by atoms with Gasteiger partial charge in [-0.3, -0.25) is 0 Å². The summed E-state index contributed by atoms with van der Waals surface area (Å²) in [6.07, 6.45) is 2.18. The number of benzene rings is 1. The van der Waals surface area contributed by atoms with Gasteiger partial charge in [-0.25, -0.2) is 4.79 Å². The zero-order chi connectivity index (χ0) is 12.0. The Labute approximate surface area is 96.5 Å². The van der Waals surface area contributed by atoms with Crippen molar-refractivity contribution in [3.05, 3.63) is 35.4 Å². The molecule has 1 aromatic carbocycles. The van der Waals surface area contributed by atoms with Gasteiger partial charge >= 0.3 is 5.97 Å². The fourth-order valence-electron chi connectivity index (χ4n) is 1.65. The Kier molecular flexibility index (Phi) is 4.99. The lowest BCUT2D eigenvalue weighted by Crippen LogP contribution is -2.27. The molecule has 0 fully saturated rings. The molecule has 0 heterocycles. The van der Waals surface area contributed by atoms with Crippen molar-refractivity contribution in [2.45, 2.75) is 39.3 Å². The van der Waals surface area contributed by atoms with Crippen molar-refractivity contribution < 1.29 is 9.90 Å². The third-order valence-electron chi connectivity index (χ3n) is 2.75. The van der Waals surface area contributed by atoms with Crippen LogP contribution in [0.1, 0.15) is 42.6 Å². The van der Waals surface area contributed by atoms with Gasteiger partial charge in [0.2, 0.25) is 0 Å². The third-order valence-corrected chi connectivity index (χ3v) is 2.75. The summed E-state index contributed by atoms with van der Waals surface area (Å²) in [4.78, 5) is 10.8. The van der Waals surface area contributed by atoms with E-state index in [2.05, 4.69) is 19.2 Å². The van der Waals surface area contributed by atoms with Crippen LogP contribution in [0.4, 0.5) is 0 Å². The number of nitrogens with one attached hydrogen (secondary N) is 1. The molecule has 1 rings (SSSR count). The summed E-state index contributed by atoms with van der Waals surface area (Å²) >= 11 is 0. The Morgan fingerprint density at radius 1 is 1.38 bits per heavy atom. The molecule has 0 spiro atoms. The fourth-order valence-corrected chi connectivity index (χ4v) is 1.65. The Morgan fingerprint density at radius 3 is 2.62 bits per heavy atom. The minimum Gasteiger partial charge on any atom is -0.478 e. The van der Waals surface area contributed by atoms with E-state index in [4.69, 9.17) is 5.11 Å². The summed E-state index contributed by atoms with van der Waals surface area (Å²) in [6.45, 7) is 5.02. The highest BCUT2D eigenvalue weighted by molar-refractivity contribution is 5.87. The van der Waals surface area contributed by atoms with E-state index in [-0.39, 0.29) is 0 Å². The van der Waals surface area contributed by atoms with Crippen LogP contribution in [0.2, 0.25) is 0 Å². The fraction of sp³-hybridized carbons (Fsp3) is 0.462. The Balaban J connectivity index is 2.60. The normalized spacial score (nSPS) is 10.7. The number of hydrogen-bond acceptors (Lipinski definition) is 2. The van der Waals surface area contributed by atoms with Crippen molar-refractivity contribution in [2.24, 2.45) is 0 Å². The SMILES string of the molecule is CCC(CC)NCc1cccc(C(=O)O)c1. The predicted molar refractivity (Wildman–Crippen MR) is 64.6 cm³/mol. The number of rotatable bonds is 6. The molecule has 0 unspecified atom stereocenters. The van der Waals surface area contributed by atoms with Crippen molar-refractivity contribution in [2.75, 3.05) is 0 Å². The second-order valence-electron chi connectivity index (χ2n) is 3.90. The minimum atomic E-state index is -0.871. The number of carboxylic acids is 1. The van der Waals surface area contributed by atoms with E-state index in [1.165, 1.54) is 0 Å². The molecule has 3 heteroatoms. The Bertz CT molecular complexity index is 346. The number of carbonyl (C=O) groups is 1. The van der Waals surface area contributed by atoms with Gasteiger partial charge in [-0.15, -0.1) is 0 Å². The maximum absolute atomic E-state index is 10.8. The van der Waals surface area contributed by atoms with E-state index in [9.17, 15) is 4.79 Å². The maximum atomic E-state index is 10.8. The summed E-state index contributed by atoms with van der Waals surface area (Å²) in [7, 11) is 0. The molecule has 0 saturated carbocycles. The number of carboxylic acid groups (broad SMARTS) is 1. The van der Waals surface area contributed by atoms with E-state index in [0.29, 0.717) is 11.6 Å². The van der Waals surface area contributed by atoms with Crippen molar-refractivity contribution in [1.29, 1.82) is 0 Å². The van der Waals surface area contributed by atoms with Gasteiger partial charge in [-0.1, -0.05) is 26.0 Å². The Morgan fingerprint density at radius 2 is 2.06 bits per heavy atom. The van der Waals surface area contributed by atoms with Crippen molar-refractivity contribution in [3.63, 3.8) is 0 Å².